The number of rotatable bonds is 5. The van der Waals surface area contributed by atoms with Crippen LogP contribution in [0.3, 0.4) is 0 Å². The number of benzene rings is 1. The van der Waals surface area contributed by atoms with E-state index in [-0.39, 0.29) is 5.75 Å². The summed E-state index contributed by atoms with van der Waals surface area (Å²) in [5, 5.41) is 0. The van der Waals surface area contributed by atoms with Crippen LogP contribution in [0, 0.1) is 0 Å². The first-order valence-corrected chi connectivity index (χ1v) is 6.31. The zero-order valence-corrected chi connectivity index (χ0v) is 11.0. The van der Waals surface area contributed by atoms with Gasteiger partial charge in [-0.15, -0.1) is 13.2 Å². The summed E-state index contributed by atoms with van der Waals surface area (Å²) in [6.45, 7) is 2.08. The molecule has 0 aliphatic heterocycles. The average Bonchev–Trinajstić information content (AvgIpc) is 2.25. The van der Waals surface area contributed by atoms with Gasteiger partial charge in [-0.2, -0.15) is 0 Å². The van der Waals surface area contributed by atoms with Crippen LogP contribution in [0.25, 0.3) is 0 Å². The van der Waals surface area contributed by atoms with Crippen LogP contribution in [0.15, 0.2) is 24.3 Å². The maximum absolute atomic E-state index is 11.9. The molecule has 0 saturated heterocycles. The molecule has 17 heavy (non-hydrogen) atoms. The number of ether oxygens (including phenoxy) is 1. The fourth-order valence-electron chi connectivity index (χ4n) is 1.39. The van der Waals surface area contributed by atoms with Gasteiger partial charge in [0.2, 0.25) is 0 Å². The fourth-order valence-corrected chi connectivity index (χ4v) is 1.61. The maximum atomic E-state index is 11.9. The van der Waals surface area contributed by atoms with E-state index < -0.39 is 6.36 Å². The molecule has 96 valence electrons. The predicted molar refractivity (Wildman–Crippen MR) is 64.5 cm³/mol. The van der Waals surface area contributed by atoms with E-state index in [0.29, 0.717) is 4.83 Å². The lowest BCUT2D eigenvalue weighted by Crippen LogP contribution is -2.17. The first-order valence-electron chi connectivity index (χ1n) is 5.39. The highest BCUT2D eigenvalue weighted by Gasteiger charge is 2.30. The van der Waals surface area contributed by atoms with Crippen molar-refractivity contribution in [1.29, 1.82) is 0 Å². The minimum Gasteiger partial charge on any atom is -0.406 e. The van der Waals surface area contributed by atoms with Crippen molar-refractivity contribution in [3.63, 3.8) is 0 Å². The van der Waals surface area contributed by atoms with Crippen LogP contribution in [0.4, 0.5) is 13.2 Å². The molecular formula is C12H14BrF3O. The molecule has 0 aromatic heterocycles. The quantitative estimate of drug-likeness (QED) is 0.717. The SMILES string of the molecule is CCC(Br)CCc1ccc(OC(F)(F)F)cc1. The smallest absolute Gasteiger partial charge is 0.406 e. The first kappa shape index (κ1) is 14.4. The number of halogens is 4. The van der Waals surface area contributed by atoms with Crippen molar-refractivity contribution in [2.45, 2.75) is 37.4 Å². The second-order valence-electron chi connectivity index (χ2n) is 3.74. The third-order valence-corrected chi connectivity index (χ3v) is 3.45. The molecule has 0 bridgehead atoms. The molecular weight excluding hydrogens is 297 g/mol. The van der Waals surface area contributed by atoms with Gasteiger partial charge in [0.1, 0.15) is 5.75 Å². The van der Waals surface area contributed by atoms with Crippen molar-refractivity contribution >= 4 is 15.9 Å². The molecule has 1 unspecified atom stereocenters. The number of alkyl halides is 4. The lowest BCUT2D eigenvalue weighted by Gasteiger charge is -2.10. The number of aryl methyl sites for hydroxylation is 1. The third-order valence-electron chi connectivity index (χ3n) is 2.35. The first-order chi connectivity index (χ1) is 7.90. The molecule has 0 radical (unpaired) electrons. The Kier molecular flexibility index (Phi) is 5.31. The number of hydrogen-bond acceptors (Lipinski definition) is 1. The highest BCUT2D eigenvalue weighted by atomic mass is 79.9. The lowest BCUT2D eigenvalue weighted by atomic mass is 10.1. The minimum absolute atomic E-state index is 0.174. The van der Waals surface area contributed by atoms with Crippen molar-refractivity contribution in [3.05, 3.63) is 29.8 Å². The highest BCUT2D eigenvalue weighted by molar-refractivity contribution is 9.09. The Balaban J connectivity index is 2.50. The second-order valence-corrected chi connectivity index (χ2v) is 5.03. The summed E-state index contributed by atoms with van der Waals surface area (Å²) < 4.78 is 39.5. The summed E-state index contributed by atoms with van der Waals surface area (Å²) in [7, 11) is 0. The van der Waals surface area contributed by atoms with Gasteiger partial charge in [0.05, 0.1) is 0 Å². The molecule has 0 N–H and O–H groups in total. The Morgan fingerprint density at radius 2 is 1.82 bits per heavy atom. The van der Waals surface area contributed by atoms with Crippen LogP contribution in [-0.2, 0) is 6.42 Å². The Morgan fingerprint density at radius 1 is 1.24 bits per heavy atom. The average molecular weight is 311 g/mol. The highest BCUT2D eigenvalue weighted by Crippen LogP contribution is 2.23. The van der Waals surface area contributed by atoms with Crippen LogP contribution in [-0.4, -0.2) is 11.2 Å². The third kappa shape index (κ3) is 5.96. The van der Waals surface area contributed by atoms with E-state index in [9.17, 15) is 13.2 Å². The van der Waals surface area contributed by atoms with Gasteiger partial charge in [-0.1, -0.05) is 35.0 Å². The van der Waals surface area contributed by atoms with Gasteiger partial charge in [0.15, 0.2) is 0 Å². The van der Waals surface area contributed by atoms with Crippen molar-refractivity contribution in [1.82, 2.24) is 0 Å². The molecule has 0 heterocycles. The van der Waals surface area contributed by atoms with Gasteiger partial charge >= 0.3 is 6.36 Å². The zero-order valence-electron chi connectivity index (χ0n) is 9.43. The molecule has 5 heteroatoms. The summed E-state index contributed by atoms with van der Waals surface area (Å²) in [5.74, 6) is -0.174. The minimum atomic E-state index is -4.62. The van der Waals surface area contributed by atoms with Gasteiger partial charge in [-0.25, -0.2) is 0 Å². The molecule has 0 fully saturated rings. The molecule has 1 aromatic carbocycles. The van der Waals surface area contributed by atoms with Crippen LogP contribution in [0.2, 0.25) is 0 Å². The van der Waals surface area contributed by atoms with Crippen molar-refractivity contribution in [3.8, 4) is 5.75 Å². The molecule has 1 nitrogen and oxygen atoms in total. The van der Waals surface area contributed by atoms with Crippen LogP contribution < -0.4 is 4.74 Å². The summed E-state index contributed by atoms with van der Waals surface area (Å²) >= 11 is 3.52. The Bertz CT molecular complexity index is 335. The van der Waals surface area contributed by atoms with Crippen LogP contribution >= 0.6 is 15.9 Å². The van der Waals surface area contributed by atoms with E-state index in [4.69, 9.17) is 0 Å². The molecule has 1 rings (SSSR count). The van der Waals surface area contributed by atoms with Crippen molar-refractivity contribution < 1.29 is 17.9 Å². The molecule has 0 spiro atoms. The van der Waals surface area contributed by atoms with Gasteiger partial charge in [0, 0.05) is 4.83 Å². The second kappa shape index (κ2) is 6.28. The zero-order chi connectivity index (χ0) is 12.9. The van der Waals surface area contributed by atoms with Crippen LogP contribution in [0.5, 0.6) is 5.75 Å². The molecule has 0 aliphatic rings. The summed E-state index contributed by atoms with van der Waals surface area (Å²) in [6, 6.07) is 6.02. The van der Waals surface area contributed by atoms with E-state index in [2.05, 4.69) is 27.6 Å². The Labute approximate surface area is 107 Å². The van der Waals surface area contributed by atoms with Gasteiger partial charge in [-0.05, 0) is 37.0 Å². The van der Waals surface area contributed by atoms with E-state index in [1.54, 1.807) is 12.1 Å². The summed E-state index contributed by atoms with van der Waals surface area (Å²) in [6.07, 6.45) is -1.77. The van der Waals surface area contributed by atoms with Crippen LogP contribution in [0.1, 0.15) is 25.3 Å². The molecule has 0 amide bonds. The molecule has 0 saturated carbocycles. The predicted octanol–water partition coefficient (Wildman–Crippen LogP) is 4.69. The monoisotopic (exact) mass is 310 g/mol. The summed E-state index contributed by atoms with van der Waals surface area (Å²) in [4.78, 5) is 0.452. The van der Waals surface area contributed by atoms with Gasteiger partial charge < -0.3 is 4.74 Å². The van der Waals surface area contributed by atoms with Gasteiger partial charge in [0.25, 0.3) is 0 Å². The normalized spacial score (nSPS) is 13.5. The van der Waals surface area contributed by atoms with E-state index >= 15 is 0 Å². The fraction of sp³-hybridized carbons (Fsp3) is 0.500. The standard InChI is InChI=1S/C12H14BrF3O/c1-2-10(13)6-3-9-4-7-11(8-5-9)17-12(14,15)16/h4-5,7-8,10H,2-3,6H2,1H3. The van der Waals surface area contributed by atoms with Crippen molar-refractivity contribution in [2.24, 2.45) is 0 Å². The van der Waals surface area contributed by atoms with E-state index in [1.165, 1.54) is 12.1 Å². The Hall–Kier alpha value is -0.710. The van der Waals surface area contributed by atoms with E-state index in [1.807, 2.05) is 0 Å². The topological polar surface area (TPSA) is 9.23 Å². The Morgan fingerprint density at radius 3 is 2.29 bits per heavy atom. The molecule has 0 aliphatic carbocycles. The van der Waals surface area contributed by atoms with Crippen molar-refractivity contribution in [2.75, 3.05) is 0 Å². The van der Waals surface area contributed by atoms with E-state index in [0.717, 1.165) is 24.8 Å². The lowest BCUT2D eigenvalue weighted by molar-refractivity contribution is -0.274. The number of hydrogen-bond donors (Lipinski definition) is 0. The molecule has 1 aromatic rings. The summed E-state index contributed by atoms with van der Waals surface area (Å²) in [5.41, 5.74) is 1.01. The largest absolute Gasteiger partial charge is 0.573 e. The van der Waals surface area contributed by atoms with Gasteiger partial charge in [-0.3, -0.25) is 0 Å². The maximum Gasteiger partial charge on any atom is 0.573 e. The molecule has 1 atom stereocenters.